The molecule has 0 saturated carbocycles. The Morgan fingerprint density at radius 1 is 1.54 bits per heavy atom. The monoisotopic (exact) mass is 244 g/mol. The molecule has 0 fully saturated rings. The van der Waals surface area contributed by atoms with E-state index in [0.717, 1.165) is 6.08 Å². The molecule has 13 heavy (non-hydrogen) atoms. The molecule has 1 aromatic carbocycles. The summed E-state index contributed by atoms with van der Waals surface area (Å²) in [6.07, 6.45) is 1.48. The number of hydrogen-bond acceptors (Lipinski definition) is 2. The Balaban J connectivity index is 3.13. The summed E-state index contributed by atoms with van der Waals surface area (Å²) < 4.78 is 13.6. The highest BCUT2D eigenvalue weighted by Gasteiger charge is 2.08. The van der Waals surface area contributed by atoms with Crippen LogP contribution in [0.15, 0.2) is 35.0 Å². The van der Waals surface area contributed by atoms with Crippen LogP contribution in [0.3, 0.4) is 0 Å². The standard InChI is InChI=1S/C9H6BrFO2/c10-6-1-2-8(11)7(5-6)9(13)3-4-12/h1-5,12H/b4-3+. The van der Waals surface area contributed by atoms with E-state index in [1.165, 1.54) is 18.2 Å². The topological polar surface area (TPSA) is 37.3 Å². The summed E-state index contributed by atoms with van der Waals surface area (Å²) in [5.74, 6) is -1.17. The van der Waals surface area contributed by atoms with Crippen LogP contribution in [0.2, 0.25) is 0 Å². The van der Waals surface area contributed by atoms with Crippen LogP contribution in [-0.2, 0) is 0 Å². The summed E-state index contributed by atoms with van der Waals surface area (Å²) in [7, 11) is 0. The van der Waals surface area contributed by atoms with Gasteiger partial charge in [0.25, 0.3) is 0 Å². The van der Waals surface area contributed by atoms with E-state index in [9.17, 15) is 9.18 Å². The lowest BCUT2D eigenvalue weighted by atomic mass is 10.1. The predicted molar refractivity (Wildman–Crippen MR) is 50.2 cm³/mol. The largest absolute Gasteiger partial charge is 0.515 e. The van der Waals surface area contributed by atoms with Gasteiger partial charge in [0.1, 0.15) is 5.82 Å². The minimum atomic E-state index is -0.605. The molecule has 0 aliphatic carbocycles. The van der Waals surface area contributed by atoms with Crippen molar-refractivity contribution in [1.82, 2.24) is 0 Å². The minimum absolute atomic E-state index is 0.0697. The van der Waals surface area contributed by atoms with Crippen LogP contribution >= 0.6 is 15.9 Å². The summed E-state index contributed by atoms with van der Waals surface area (Å²) in [5.41, 5.74) is -0.0697. The van der Waals surface area contributed by atoms with Gasteiger partial charge >= 0.3 is 0 Å². The molecular weight excluding hydrogens is 239 g/mol. The Kier molecular flexibility index (Phi) is 3.19. The first-order valence-electron chi connectivity index (χ1n) is 3.45. The van der Waals surface area contributed by atoms with Gasteiger partial charge < -0.3 is 5.11 Å². The fourth-order valence-electron chi connectivity index (χ4n) is 0.844. The maximum Gasteiger partial charge on any atom is 0.191 e. The van der Waals surface area contributed by atoms with E-state index in [1.54, 1.807) is 0 Å². The molecule has 1 aromatic rings. The second kappa shape index (κ2) is 4.18. The first kappa shape index (κ1) is 9.92. The average Bonchev–Trinajstić information content (AvgIpc) is 2.09. The van der Waals surface area contributed by atoms with Gasteiger partial charge in [0, 0.05) is 10.5 Å². The number of benzene rings is 1. The van der Waals surface area contributed by atoms with Crippen LogP contribution in [0.1, 0.15) is 10.4 Å². The smallest absolute Gasteiger partial charge is 0.191 e. The van der Waals surface area contributed by atoms with Gasteiger partial charge in [-0.2, -0.15) is 0 Å². The lowest BCUT2D eigenvalue weighted by molar-refractivity contribution is 0.104. The van der Waals surface area contributed by atoms with Crippen molar-refractivity contribution in [3.8, 4) is 0 Å². The van der Waals surface area contributed by atoms with Crippen molar-refractivity contribution in [3.63, 3.8) is 0 Å². The fraction of sp³-hybridized carbons (Fsp3) is 0. The first-order valence-corrected chi connectivity index (χ1v) is 4.24. The molecule has 0 amide bonds. The number of carbonyl (C=O) groups is 1. The quantitative estimate of drug-likeness (QED) is 0.494. The normalized spacial score (nSPS) is 10.6. The van der Waals surface area contributed by atoms with Gasteiger partial charge in [0.2, 0.25) is 0 Å². The molecule has 68 valence electrons. The number of aliphatic hydroxyl groups is 1. The summed E-state index contributed by atoms with van der Waals surface area (Å²) in [5, 5.41) is 8.32. The van der Waals surface area contributed by atoms with Gasteiger partial charge in [-0.3, -0.25) is 4.79 Å². The van der Waals surface area contributed by atoms with Crippen molar-refractivity contribution in [1.29, 1.82) is 0 Å². The Hall–Kier alpha value is -1.16. The van der Waals surface area contributed by atoms with Crippen molar-refractivity contribution in [3.05, 3.63) is 46.4 Å². The molecule has 4 heteroatoms. The molecule has 0 atom stereocenters. The zero-order valence-electron chi connectivity index (χ0n) is 6.50. The highest BCUT2D eigenvalue weighted by atomic mass is 79.9. The Morgan fingerprint density at radius 3 is 2.85 bits per heavy atom. The molecule has 0 heterocycles. The lowest BCUT2D eigenvalue weighted by Crippen LogP contribution is -1.98. The number of rotatable bonds is 2. The summed E-state index contributed by atoms with van der Waals surface area (Å²) in [6.45, 7) is 0. The van der Waals surface area contributed by atoms with E-state index in [2.05, 4.69) is 15.9 Å². The predicted octanol–water partition coefficient (Wildman–Crippen LogP) is 2.84. The van der Waals surface area contributed by atoms with Crippen LogP contribution in [0, 0.1) is 5.82 Å². The van der Waals surface area contributed by atoms with Crippen molar-refractivity contribution in [2.75, 3.05) is 0 Å². The number of halogens is 2. The number of allylic oxidation sites excluding steroid dienone is 1. The molecule has 0 aliphatic rings. The van der Waals surface area contributed by atoms with Gasteiger partial charge in [-0.05, 0) is 18.2 Å². The number of aliphatic hydroxyl groups excluding tert-OH is 1. The third-order valence-corrected chi connectivity index (χ3v) is 1.91. The number of ketones is 1. The van der Waals surface area contributed by atoms with Crippen molar-refractivity contribution in [2.45, 2.75) is 0 Å². The lowest BCUT2D eigenvalue weighted by Gasteiger charge is -1.98. The van der Waals surface area contributed by atoms with E-state index in [-0.39, 0.29) is 5.56 Å². The van der Waals surface area contributed by atoms with Crippen LogP contribution in [-0.4, -0.2) is 10.9 Å². The van der Waals surface area contributed by atoms with Crippen LogP contribution in [0.5, 0.6) is 0 Å². The number of carbonyl (C=O) groups excluding carboxylic acids is 1. The van der Waals surface area contributed by atoms with E-state index in [4.69, 9.17) is 5.11 Å². The molecule has 0 bridgehead atoms. The molecule has 1 rings (SSSR count). The van der Waals surface area contributed by atoms with Gasteiger partial charge in [0.05, 0.1) is 11.8 Å². The van der Waals surface area contributed by atoms with E-state index in [0.29, 0.717) is 10.7 Å². The fourth-order valence-corrected chi connectivity index (χ4v) is 1.20. The van der Waals surface area contributed by atoms with Crippen molar-refractivity contribution in [2.24, 2.45) is 0 Å². The SMILES string of the molecule is O=C(/C=C/O)c1cc(Br)ccc1F. The maximum atomic E-state index is 13.0. The maximum absolute atomic E-state index is 13.0. The zero-order chi connectivity index (χ0) is 9.84. The first-order chi connectivity index (χ1) is 6.15. The second-order valence-corrected chi connectivity index (χ2v) is 3.22. The van der Waals surface area contributed by atoms with Crippen LogP contribution in [0.25, 0.3) is 0 Å². The Labute approximate surface area is 82.8 Å². The van der Waals surface area contributed by atoms with E-state index >= 15 is 0 Å². The summed E-state index contributed by atoms with van der Waals surface area (Å²) in [4.78, 5) is 11.1. The molecule has 0 unspecified atom stereocenters. The minimum Gasteiger partial charge on any atom is -0.515 e. The molecule has 0 radical (unpaired) electrons. The molecule has 1 N–H and O–H groups in total. The molecular formula is C9H6BrFO2. The second-order valence-electron chi connectivity index (χ2n) is 2.30. The van der Waals surface area contributed by atoms with Gasteiger partial charge in [0.15, 0.2) is 5.78 Å². The number of hydrogen-bond donors (Lipinski definition) is 1. The highest BCUT2D eigenvalue weighted by molar-refractivity contribution is 9.10. The third kappa shape index (κ3) is 2.39. The van der Waals surface area contributed by atoms with E-state index in [1.807, 2.05) is 0 Å². The molecule has 0 saturated heterocycles. The van der Waals surface area contributed by atoms with Crippen molar-refractivity contribution >= 4 is 21.7 Å². The molecule has 2 nitrogen and oxygen atoms in total. The Bertz CT molecular complexity index is 361. The van der Waals surface area contributed by atoms with E-state index < -0.39 is 11.6 Å². The molecule has 0 spiro atoms. The molecule has 0 aromatic heterocycles. The molecule has 0 aliphatic heterocycles. The van der Waals surface area contributed by atoms with Gasteiger partial charge in [-0.15, -0.1) is 0 Å². The summed E-state index contributed by atoms with van der Waals surface area (Å²) >= 11 is 3.11. The summed E-state index contributed by atoms with van der Waals surface area (Å²) in [6, 6.07) is 4.04. The van der Waals surface area contributed by atoms with Gasteiger partial charge in [-0.1, -0.05) is 15.9 Å². The highest BCUT2D eigenvalue weighted by Crippen LogP contribution is 2.16. The van der Waals surface area contributed by atoms with Crippen LogP contribution in [0.4, 0.5) is 4.39 Å². The van der Waals surface area contributed by atoms with Gasteiger partial charge in [-0.25, -0.2) is 4.39 Å². The average molecular weight is 245 g/mol. The van der Waals surface area contributed by atoms with Crippen molar-refractivity contribution < 1.29 is 14.3 Å². The third-order valence-electron chi connectivity index (χ3n) is 1.42. The zero-order valence-corrected chi connectivity index (χ0v) is 8.08. The Morgan fingerprint density at radius 2 is 2.23 bits per heavy atom. The van der Waals surface area contributed by atoms with Crippen LogP contribution < -0.4 is 0 Å².